The monoisotopic (exact) mass is 399 g/mol. The predicted molar refractivity (Wildman–Crippen MR) is 111 cm³/mol. The summed E-state index contributed by atoms with van der Waals surface area (Å²) in [6, 6.07) is 10.4. The van der Waals surface area contributed by atoms with Crippen LogP contribution in [0.15, 0.2) is 30.3 Å². The first-order chi connectivity index (χ1) is 14.2. The van der Waals surface area contributed by atoms with Crippen LogP contribution >= 0.6 is 0 Å². The molecule has 3 fully saturated rings. The highest BCUT2D eigenvalue weighted by molar-refractivity contribution is 5.81. The summed E-state index contributed by atoms with van der Waals surface area (Å²) in [5.74, 6) is 0.865. The number of morpholine rings is 1. The van der Waals surface area contributed by atoms with Crippen LogP contribution < -0.4 is 5.32 Å². The Labute approximate surface area is 173 Å². The second-order valence-corrected chi connectivity index (χ2v) is 8.79. The number of carbonyl (C=O) groups is 2. The Kier molecular flexibility index (Phi) is 6.82. The van der Waals surface area contributed by atoms with E-state index in [0.29, 0.717) is 25.5 Å². The number of likely N-dealkylation sites (tertiary alicyclic amines) is 1. The molecule has 1 aromatic carbocycles. The third-order valence-corrected chi connectivity index (χ3v) is 6.28. The summed E-state index contributed by atoms with van der Waals surface area (Å²) >= 11 is 0. The van der Waals surface area contributed by atoms with E-state index in [4.69, 9.17) is 4.74 Å². The molecule has 1 aliphatic carbocycles. The van der Waals surface area contributed by atoms with E-state index in [1.807, 2.05) is 11.0 Å². The summed E-state index contributed by atoms with van der Waals surface area (Å²) in [7, 11) is 0. The van der Waals surface area contributed by atoms with Gasteiger partial charge in [-0.05, 0) is 37.2 Å². The quantitative estimate of drug-likeness (QED) is 0.762. The topological polar surface area (TPSA) is 61.9 Å². The molecule has 158 valence electrons. The van der Waals surface area contributed by atoms with Gasteiger partial charge in [-0.15, -0.1) is 0 Å². The molecule has 0 aromatic heterocycles. The molecule has 0 bridgehead atoms. The fraction of sp³-hybridized carbons (Fsp3) is 0.652. The summed E-state index contributed by atoms with van der Waals surface area (Å²) in [4.78, 5) is 29.5. The van der Waals surface area contributed by atoms with E-state index in [-0.39, 0.29) is 23.8 Å². The van der Waals surface area contributed by atoms with Crippen LogP contribution in [0.1, 0.15) is 37.7 Å². The SMILES string of the molecule is O=C(NCC1CC1)C1CCCN(C(=O)CC2CN(Cc3ccccc3)CCO2)C1. The van der Waals surface area contributed by atoms with Gasteiger partial charge in [0.05, 0.1) is 25.0 Å². The number of hydrogen-bond acceptors (Lipinski definition) is 4. The van der Waals surface area contributed by atoms with Crippen molar-refractivity contribution >= 4 is 11.8 Å². The number of nitrogens with zero attached hydrogens (tertiary/aromatic N) is 2. The van der Waals surface area contributed by atoms with Crippen molar-refractivity contribution in [2.24, 2.45) is 11.8 Å². The molecule has 2 aliphatic heterocycles. The molecule has 2 heterocycles. The maximum atomic E-state index is 12.9. The molecule has 1 N–H and O–H groups in total. The molecule has 2 amide bonds. The van der Waals surface area contributed by atoms with Crippen LogP contribution in [0.3, 0.4) is 0 Å². The van der Waals surface area contributed by atoms with Gasteiger partial charge in [0.15, 0.2) is 0 Å². The van der Waals surface area contributed by atoms with Crippen molar-refractivity contribution in [2.45, 2.75) is 44.8 Å². The van der Waals surface area contributed by atoms with Crippen molar-refractivity contribution in [3.63, 3.8) is 0 Å². The average Bonchev–Trinajstić information content (AvgIpc) is 3.58. The number of amides is 2. The van der Waals surface area contributed by atoms with Gasteiger partial charge in [0.2, 0.25) is 11.8 Å². The van der Waals surface area contributed by atoms with Gasteiger partial charge in [0.25, 0.3) is 0 Å². The van der Waals surface area contributed by atoms with Gasteiger partial charge in [-0.3, -0.25) is 14.5 Å². The molecule has 0 spiro atoms. The third kappa shape index (κ3) is 6.03. The highest BCUT2D eigenvalue weighted by Crippen LogP contribution is 2.28. The highest BCUT2D eigenvalue weighted by Gasteiger charge is 2.31. The standard InChI is InChI=1S/C23H33N3O3/c27-22(26-10-4-7-20(16-26)23(28)24-14-18-8-9-18)13-21-17-25(11-12-29-21)15-19-5-2-1-3-6-19/h1-3,5-6,18,20-21H,4,7-17H2,(H,24,28). The lowest BCUT2D eigenvalue weighted by Crippen LogP contribution is -2.48. The van der Waals surface area contributed by atoms with Crippen molar-refractivity contribution in [1.82, 2.24) is 15.1 Å². The molecular weight excluding hydrogens is 366 g/mol. The van der Waals surface area contributed by atoms with Crippen molar-refractivity contribution in [3.05, 3.63) is 35.9 Å². The lowest BCUT2D eigenvalue weighted by molar-refractivity contribution is -0.139. The Hall–Kier alpha value is -1.92. The van der Waals surface area contributed by atoms with Crippen LogP contribution in [0.25, 0.3) is 0 Å². The van der Waals surface area contributed by atoms with Crippen molar-refractivity contribution in [1.29, 1.82) is 0 Å². The van der Waals surface area contributed by atoms with Crippen LogP contribution in [0.4, 0.5) is 0 Å². The summed E-state index contributed by atoms with van der Waals surface area (Å²) < 4.78 is 5.89. The zero-order chi connectivity index (χ0) is 20.1. The summed E-state index contributed by atoms with van der Waals surface area (Å²) in [5.41, 5.74) is 1.29. The first-order valence-electron chi connectivity index (χ1n) is 11.1. The van der Waals surface area contributed by atoms with Gasteiger partial charge in [-0.2, -0.15) is 0 Å². The summed E-state index contributed by atoms with van der Waals surface area (Å²) in [5, 5.41) is 3.08. The smallest absolute Gasteiger partial charge is 0.225 e. The van der Waals surface area contributed by atoms with E-state index < -0.39 is 0 Å². The molecule has 29 heavy (non-hydrogen) atoms. The number of ether oxygens (including phenoxy) is 1. The van der Waals surface area contributed by atoms with E-state index in [1.54, 1.807) is 0 Å². The lowest BCUT2D eigenvalue weighted by Gasteiger charge is -2.36. The van der Waals surface area contributed by atoms with Gasteiger partial charge in [-0.25, -0.2) is 0 Å². The Morgan fingerprint density at radius 3 is 2.69 bits per heavy atom. The maximum Gasteiger partial charge on any atom is 0.225 e. The number of rotatable bonds is 7. The summed E-state index contributed by atoms with van der Waals surface area (Å²) in [6.45, 7) is 5.34. The largest absolute Gasteiger partial charge is 0.375 e. The number of nitrogens with one attached hydrogen (secondary N) is 1. The van der Waals surface area contributed by atoms with Gasteiger partial charge in [0.1, 0.15) is 0 Å². The third-order valence-electron chi connectivity index (χ3n) is 6.28. The van der Waals surface area contributed by atoms with E-state index in [1.165, 1.54) is 18.4 Å². The van der Waals surface area contributed by atoms with Gasteiger partial charge >= 0.3 is 0 Å². The first kappa shape index (κ1) is 20.4. The second-order valence-electron chi connectivity index (χ2n) is 8.79. The molecule has 2 saturated heterocycles. The normalized spacial score (nSPS) is 25.6. The van der Waals surface area contributed by atoms with Crippen LogP contribution in [-0.2, 0) is 20.9 Å². The zero-order valence-corrected chi connectivity index (χ0v) is 17.2. The minimum atomic E-state index is -0.0657. The molecule has 3 aliphatic rings. The van der Waals surface area contributed by atoms with E-state index in [9.17, 15) is 9.59 Å². The Morgan fingerprint density at radius 2 is 1.90 bits per heavy atom. The molecule has 2 atom stereocenters. The van der Waals surface area contributed by atoms with Crippen LogP contribution in [-0.4, -0.2) is 67.0 Å². The molecule has 2 unspecified atom stereocenters. The first-order valence-corrected chi connectivity index (χ1v) is 11.1. The van der Waals surface area contributed by atoms with Crippen LogP contribution in [0.2, 0.25) is 0 Å². The predicted octanol–water partition coefficient (Wildman–Crippen LogP) is 2.04. The van der Waals surface area contributed by atoms with Crippen molar-refractivity contribution < 1.29 is 14.3 Å². The van der Waals surface area contributed by atoms with Crippen LogP contribution in [0, 0.1) is 11.8 Å². The minimum absolute atomic E-state index is 0.0618. The molecule has 4 rings (SSSR count). The average molecular weight is 400 g/mol. The van der Waals surface area contributed by atoms with Crippen molar-refractivity contribution in [2.75, 3.05) is 39.3 Å². The second kappa shape index (κ2) is 9.72. The van der Waals surface area contributed by atoms with Gasteiger partial charge in [-0.1, -0.05) is 30.3 Å². The van der Waals surface area contributed by atoms with E-state index in [2.05, 4.69) is 34.5 Å². The molecule has 6 nitrogen and oxygen atoms in total. The lowest BCUT2D eigenvalue weighted by atomic mass is 9.96. The summed E-state index contributed by atoms with van der Waals surface area (Å²) in [6.07, 6.45) is 4.59. The van der Waals surface area contributed by atoms with Gasteiger partial charge in [0, 0.05) is 39.3 Å². The molecular formula is C23H33N3O3. The zero-order valence-electron chi connectivity index (χ0n) is 17.2. The fourth-order valence-electron chi connectivity index (χ4n) is 4.34. The fourth-order valence-corrected chi connectivity index (χ4v) is 4.34. The Balaban J connectivity index is 1.23. The highest BCUT2D eigenvalue weighted by atomic mass is 16.5. The minimum Gasteiger partial charge on any atom is -0.375 e. The van der Waals surface area contributed by atoms with Gasteiger partial charge < -0.3 is 15.0 Å². The van der Waals surface area contributed by atoms with Crippen LogP contribution in [0.5, 0.6) is 0 Å². The molecule has 6 heteroatoms. The Morgan fingerprint density at radius 1 is 1.07 bits per heavy atom. The van der Waals surface area contributed by atoms with E-state index >= 15 is 0 Å². The van der Waals surface area contributed by atoms with E-state index in [0.717, 1.165) is 45.6 Å². The number of carbonyl (C=O) groups excluding carboxylic acids is 2. The maximum absolute atomic E-state index is 12.9. The molecule has 1 aromatic rings. The van der Waals surface area contributed by atoms with Crippen molar-refractivity contribution in [3.8, 4) is 0 Å². The number of piperidine rings is 1. The molecule has 0 radical (unpaired) electrons. The number of benzene rings is 1. The number of hydrogen-bond donors (Lipinski definition) is 1. The molecule has 1 saturated carbocycles. The Bertz CT molecular complexity index is 692.